The fraction of sp³-hybridized carbons (Fsp3) is 0.667. The van der Waals surface area contributed by atoms with E-state index in [0.717, 1.165) is 77.1 Å². The molecule has 0 amide bonds. The molecule has 0 atom stereocenters. The Bertz CT molecular complexity index is 838. The molecule has 29 heavy (non-hydrogen) atoms. The first-order valence-electron chi connectivity index (χ1n) is 10.9. The number of hydrogen-bond donors (Lipinski definition) is 0. The standard InChI is InChI=1S/C21H31N7O/c1-25-19(17-4-2-3-5-18(17)24-25)15-26-6-8-27(9-7-26)20-14-21(23-16-22-20)28-10-12-29-13-11-28/h14,16H,2-13,15H2,1H3. The molecule has 2 aromatic rings. The lowest BCUT2D eigenvalue weighted by molar-refractivity contribution is 0.122. The highest BCUT2D eigenvalue weighted by Crippen LogP contribution is 2.25. The Balaban J connectivity index is 1.22. The van der Waals surface area contributed by atoms with E-state index in [4.69, 9.17) is 9.84 Å². The fourth-order valence-corrected chi connectivity index (χ4v) is 4.77. The van der Waals surface area contributed by atoms with Crippen molar-refractivity contribution in [2.75, 3.05) is 62.3 Å². The second kappa shape index (κ2) is 8.28. The number of rotatable bonds is 4. The minimum atomic E-state index is 0.774. The zero-order valence-electron chi connectivity index (χ0n) is 17.4. The summed E-state index contributed by atoms with van der Waals surface area (Å²) in [5.41, 5.74) is 4.28. The van der Waals surface area contributed by atoms with Crippen molar-refractivity contribution in [3.63, 3.8) is 0 Å². The van der Waals surface area contributed by atoms with Gasteiger partial charge >= 0.3 is 0 Å². The maximum atomic E-state index is 5.46. The van der Waals surface area contributed by atoms with Crippen LogP contribution in [0.15, 0.2) is 12.4 Å². The van der Waals surface area contributed by atoms with Crippen LogP contribution in [0.5, 0.6) is 0 Å². The zero-order chi connectivity index (χ0) is 19.6. The Morgan fingerprint density at radius 2 is 1.59 bits per heavy atom. The molecule has 0 aromatic carbocycles. The Labute approximate surface area is 172 Å². The van der Waals surface area contributed by atoms with E-state index in [0.29, 0.717) is 0 Å². The van der Waals surface area contributed by atoms with Crippen molar-refractivity contribution in [2.24, 2.45) is 7.05 Å². The Morgan fingerprint density at radius 1 is 0.897 bits per heavy atom. The smallest absolute Gasteiger partial charge is 0.134 e. The van der Waals surface area contributed by atoms with Gasteiger partial charge in [0.2, 0.25) is 0 Å². The summed E-state index contributed by atoms with van der Waals surface area (Å²) in [6.45, 7) is 8.46. The fourth-order valence-electron chi connectivity index (χ4n) is 4.77. The van der Waals surface area contributed by atoms with Crippen LogP contribution < -0.4 is 9.80 Å². The second-order valence-electron chi connectivity index (χ2n) is 8.30. The molecule has 0 saturated carbocycles. The highest BCUT2D eigenvalue weighted by molar-refractivity contribution is 5.50. The van der Waals surface area contributed by atoms with Crippen LogP contribution in [-0.4, -0.2) is 77.1 Å². The van der Waals surface area contributed by atoms with Gasteiger partial charge in [0.25, 0.3) is 0 Å². The highest BCUT2D eigenvalue weighted by atomic mass is 16.5. The van der Waals surface area contributed by atoms with E-state index in [1.165, 1.54) is 36.2 Å². The quantitative estimate of drug-likeness (QED) is 0.769. The molecule has 0 spiro atoms. The molecule has 2 aromatic heterocycles. The lowest BCUT2D eigenvalue weighted by Crippen LogP contribution is -2.46. The summed E-state index contributed by atoms with van der Waals surface area (Å²) in [6.07, 6.45) is 6.64. The van der Waals surface area contributed by atoms with Crippen molar-refractivity contribution >= 4 is 11.6 Å². The Kier molecular flexibility index (Phi) is 5.37. The molecule has 5 rings (SSSR count). The van der Waals surface area contributed by atoms with Crippen LogP contribution in [-0.2, 0) is 31.2 Å². The summed E-state index contributed by atoms with van der Waals surface area (Å²) in [5, 5.41) is 4.78. The molecule has 8 nitrogen and oxygen atoms in total. The lowest BCUT2D eigenvalue weighted by Gasteiger charge is -2.36. The van der Waals surface area contributed by atoms with E-state index >= 15 is 0 Å². The average molecular weight is 398 g/mol. The number of anilines is 2. The molecule has 8 heteroatoms. The predicted molar refractivity (Wildman–Crippen MR) is 112 cm³/mol. The van der Waals surface area contributed by atoms with Gasteiger partial charge in [0.05, 0.1) is 24.6 Å². The van der Waals surface area contributed by atoms with Crippen LogP contribution in [0.1, 0.15) is 29.8 Å². The summed E-state index contributed by atoms with van der Waals surface area (Å²) >= 11 is 0. The molecule has 3 aliphatic rings. The Hall–Kier alpha value is -2.19. The van der Waals surface area contributed by atoms with Crippen molar-refractivity contribution in [1.82, 2.24) is 24.6 Å². The van der Waals surface area contributed by atoms with Gasteiger partial charge in [0.1, 0.15) is 18.0 Å². The molecule has 156 valence electrons. The summed E-state index contributed by atoms with van der Waals surface area (Å²) < 4.78 is 7.58. The van der Waals surface area contributed by atoms with Gasteiger partial charge in [-0.15, -0.1) is 0 Å². The number of hydrogen-bond acceptors (Lipinski definition) is 7. The number of nitrogens with zero attached hydrogens (tertiary/aromatic N) is 7. The third-order valence-corrected chi connectivity index (χ3v) is 6.49. The van der Waals surface area contributed by atoms with Crippen molar-refractivity contribution < 1.29 is 4.74 Å². The number of piperazine rings is 1. The van der Waals surface area contributed by atoms with E-state index in [-0.39, 0.29) is 0 Å². The molecule has 4 heterocycles. The first-order valence-corrected chi connectivity index (χ1v) is 10.9. The summed E-state index contributed by atoms with van der Waals surface area (Å²) in [6, 6.07) is 2.14. The maximum absolute atomic E-state index is 5.46. The molecule has 2 saturated heterocycles. The molecule has 1 aliphatic carbocycles. The minimum absolute atomic E-state index is 0.774. The summed E-state index contributed by atoms with van der Waals surface area (Å²) in [7, 11) is 2.11. The van der Waals surface area contributed by atoms with Gasteiger partial charge in [0, 0.05) is 58.9 Å². The van der Waals surface area contributed by atoms with Gasteiger partial charge in [-0.2, -0.15) is 5.10 Å². The monoisotopic (exact) mass is 397 g/mol. The van der Waals surface area contributed by atoms with E-state index in [2.05, 4.69) is 42.5 Å². The third kappa shape index (κ3) is 3.96. The summed E-state index contributed by atoms with van der Waals surface area (Å²) in [5.74, 6) is 2.06. The van der Waals surface area contributed by atoms with Crippen molar-refractivity contribution in [3.05, 3.63) is 29.3 Å². The van der Waals surface area contributed by atoms with E-state index in [9.17, 15) is 0 Å². The third-order valence-electron chi connectivity index (χ3n) is 6.49. The van der Waals surface area contributed by atoms with E-state index in [1.807, 2.05) is 0 Å². The molecular formula is C21H31N7O. The number of aromatic nitrogens is 4. The van der Waals surface area contributed by atoms with Gasteiger partial charge in [0.15, 0.2) is 0 Å². The van der Waals surface area contributed by atoms with Gasteiger partial charge < -0.3 is 14.5 Å². The van der Waals surface area contributed by atoms with Crippen LogP contribution in [0.3, 0.4) is 0 Å². The maximum Gasteiger partial charge on any atom is 0.134 e. The van der Waals surface area contributed by atoms with E-state index < -0.39 is 0 Å². The number of aryl methyl sites for hydroxylation is 2. The normalized spacial score (nSPS) is 20.7. The first kappa shape index (κ1) is 18.8. The SMILES string of the molecule is Cn1nc2c(c1CN1CCN(c3cc(N4CCOCC4)ncn3)CC1)CCCC2. The van der Waals surface area contributed by atoms with Gasteiger partial charge in [-0.3, -0.25) is 9.58 Å². The number of fused-ring (bicyclic) bond motifs is 1. The van der Waals surface area contributed by atoms with Crippen LogP contribution in [0.2, 0.25) is 0 Å². The van der Waals surface area contributed by atoms with Gasteiger partial charge in [-0.05, 0) is 31.2 Å². The first-order chi connectivity index (χ1) is 14.3. The molecule has 2 aliphatic heterocycles. The van der Waals surface area contributed by atoms with Crippen molar-refractivity contribution in [3.8, 4) is 0 Å². The highest BCUT2D eigenvalue weighted by Gasteiger charge is 2.24. The van der Waals surface area contributed by atoms with Crippen LogP contribution >= 0.6 is 0 Å². The van der Waals surface area contributed by atoms with Crippen molar-refractivity contribution in [2.45, 2.75) is 32.2 Å². The van der Waals surface area contributed by atoms with E-state index in [1.54, 1.807) is 6.33 Å². The second-order valence-corrected chi connectivity index (χ2v) is 8.30. The molecular weight excluding hydrogens is 366 g/mol. The summed E-state index contributed by atoms with van der Waals surface area (Å²) in [4.78, 5) is 16.3. The van der Waals surface area contributed by atoms with Crippen molar-refractivity contribution in [1.29, 1.82) is 0 Å². The zero-order valence-corrected chi connectivity index (χ0v) is 17.4. The molecule has 0 N–H and O–H groups in total. The average Bonchev–Trinajstić information content (AvgIpc) is 3.10. The Morgan fingerprint density at radius 3 is 2.34 bits per heavy atom. The largest absolute Gasteiger partial charge is 0.378 e. The van der Waals surface area contributed by atoms with Gasteiger partial charge in [-0.25, -0.2) is 9.97 Å². The van der Waals surface area contributed by atoms with Crippen LogP contribution in [0, 0.1) is 0 Å². The minimum Gasteiger partial charge on any atom is -0.378 e. The lowest BCUT2D eigenvalue weighted by atomic mass is 9.95. The number of morpholine rings is 1. The van der Waals surface area contributed by atoms with Gasteiger partial charge in [-0.1, -0.05) is 0 Å². The molecule has 2 fully saturated rings. The van der Waals surface area contributed by atoms with Crippen LogP contribution in [0.4, 0.5) is 11.6 Å². The molecule has 0 radical (unpaired) electrons. The molecule has 0 unspecified atom stereocenters. The van der Waals surface area contributed by atoms with Crippen LogP contribution in [0.25, 0.3) is 0 Å². The number of ether oxygens (including phenoxy) is 1. The predicted octanol–water partition coefficient (Wildman–Crippen LogP) is 1.25. The topological polar surface area (TPSA) is 62.6 Å². The molecule has 0 bridgehead atoms.